The fraction of sp³-hybridized carbons (Fsp3) is 0.391. The molecule has 3 aromatic rings. The van der Waals surface area contributed by atoms with Gasteiger partial charge >= 0.3 is 0 Å². The zero-order chi connectivity index (χ0) is 21.6. The Balaban J connectivity index is 1.15. The number of ether oxygens (including phenoxy) is 1. The third kappa shape index (κ3) is 5.97. The van der Waals surface area contributed by atoms with Crippen molar-refractivity contribution >= 4 is 28.5 Å². The highest BCUT2D eigenvalue weighted by molar-refractivity contribution is 6.30. The summed E-state index contributed by atoms with van der Waals surface area (Å²) in [7, 11) is 0. The van der Waals surface area contributed by atoms with Crippen LogP contribution >= 0.6 is 11.6 Å². The minimum absolute atomic E-state index is 0.120. The average molecular weight is 444 g/mol. The number of fused-ring (bicyclic) bond motifs is 1. The van der Waals surface area contributed by atoms with Crippen molar-refractivity contribution < 1.29 is 19.1 Å². The van der Waals surface area contributed by atoms with Gasteiger partial charge in [-0.1, -0.05) is 11.6 Å². The second-order valence-corrected chi connectivity index (χ2v) is 8.31. The second-order valence-electron chi connectivity index (χ2n) is 7.87. The summed E-state index contributed by atoms with van der Waals surface area (Å²) in [6.45, 7) is 0.676. The Morgan fingerprint density at radius 3 is 2.68 bits per heavy atom. The molecule has 2 aromatic heterocycles. The Kier molecular flexibility index (Phi) is 7.06. The number of aliphatic hydroxyl groups excluding tert-OH is 1. The average Bonchev–Trinajstić information content (AvgIpc) is 3.23. The molecular weight excluding hydrogens is 418 g/mol. The van der Waals surface area contributed by atoms with E-state index in [4.69, 9.17) is 20.8 Å². The van der Waals surface area contributed by atoms with Gasteiger partial charge in [0.1, 0.15) is 18.5 Å². The van der Waals surface area contributed by atoms with Crippen LogP contribution in [-0.4, -0.2) is 47.3 Å². The molecule has 1 aliphatic rings. The van der Waals surface area contributed by atoms with Gasteiger partial charge in [0.2, 0.25) is 0 Å². The topological polar surface area (TPSA) is 96.6 Å². The minimum atomic E-state index is -0.601. The molecule has 8 heteroatoms. The number of aromatic nitrogens is 1. The van der Waals surface area contributed by atoms with E-state index in [0.29, 0.717) is 34.7 Å². The molecule has 164 valence electrons. The van der Waals surface area contributed by atoms with Gasteiger partial charge in [0.25, 0.3) is 5.91 Å². The zero-order valence-corrected chi connectivity index (χ0v) is 17.8. The van der Waals surface area contributed by atoms with Gasteiger partial charge in [0.15, 0.2) is 11.3 Å². The van der Waals surface area contributed by atoms with Crippen molar-refractivity contribution in [2.75, 3.05) is 13.2 Å². The molecule has 31 heavy (non-hydrogen) atoms. The maximum absolute atomic E-state index is 12.5. The number of carbonyl (C=O) groups excluding carboxylic acids is 1. The number of rotatable bonds is 8. The first-order valence-electron chi connectivity index (χ1n) is 10.5. The molecule has 0 aliphatic heterocycles. The van der Waals surface area contributed by atoms with Crippen LogP contribution in [0.25, 0.3) is 11.0 Å². The van der Waals surface area contributed by atoms with E-state index in [9.17, 15) is 9.90 Å². The third-order valence-corrected chi connectivity index (χ3v) is 5.76. The molecule has 0 spiro atoms. The number of carbonyl (C=O) groups is 1. The number of hydrogen-bond acceptors (Lipinski definition) is 6. The number of nitrogens with zero attached hydrogens (tertiary/aromatic N) is 1. The maximum atomic E-state index is 12.5. The Bertz CT molecular complexity index is 966. The summed E-state index contributed by atoms with van der Waals surface area (Å²) >= 11 is 5.85. The maximum Gasteiger partial charge on any atom is 0.287 e. The van der Waals surface area contributed by atoms with Gasteiger partial charge in [-0.2, -0.15) is 0 Å². The summed E-state index contributed by atoms with van der Waals surface area (Å²) in [4.78, 5) is 16.5. The predicted molar refractivity (Wildman–Crippen MR) is 118 cm³/mol. The van der Waals surface area contributed by atoms with E-state index in [1.54, 1.807) is 42.7 Å². The van der Waals surface area contributed by atoms with E-state index in [-0.39, 0.29) is 18.6 Å². The van der Waals surface area contributed by atoms with E-state index in [2.05, 4.69) is 15.6 Å². The largest absolute Gasteiger partial charge is 0.491 e. The van der Waals surface area contributed by atoms with Crippen molar-refractivity contribution in [1.82, 2.24) is 15.6 Å². The fourth-order valence-electron chi connectivity index (χ4n) is 3.78. The summed E-state index contributed by atoms with van der Waals surface area (Å²) in [5, 5.41) is 18.1. The summed E-state index contributed by atoms with van der Waals surface area (Å²) in [6, 6.07) is 11.1. The van der Waals surface area contributed by atoms with E-state index < -0.39 is 6.10 Å². The van der Waals surface area contributed by atoms with Crippen molar-refractivity contribution in [3.63, 3.8) is 0 Å². The molecule has 1 unspecified atom stereocenters. The van der Waals surface area contributed by atoms with Crippen molar-refractivity contribution in [3.05, 3.63) is 59.6 Å². The minimum Gasteiger partial charge on any atom is -0.491 e. The molecule has 1 aliphatic carbocycles. The molecule has 2 heterocycles. The Morgan fingerprint density at radius 2 is 1.94 bits per heavy atom. The molecule has 1 amide bonds. The lowest BCUT2D eigenvalue weighted by molar-refractivity contribution is 0.0891. The number of aliphatic hydroxyl groups is 1. The summed E-state index contributed by atoms with van der Waals surface area (Å²) in [6.07, 6.45) is 6.30. The molecule has 4 rings (SSSR count). The molecule has 3 N–H and O–H groups in total. The molecule has 1 fully saturated rings. The van der Waals surface area contributed by atoms with E-state index in [0.717, 1.165) is 31.1 Å². The number of halogens is 1. The highest BCUT2D eigenvalue weighted by Gasteiger charge is 2.24. The lowest BCUT2D eigenvalue weighted by Gasteiger charge is -2.30. The van der Waals surface area contributed by atoms with Crippen LogP contribution in [0.2, 0.25) is 5.02 Å². The third-order valence-electron chi connectivity index (χ3n) is 5.51. The molecule has 0 bridgehead atoms. The Morgan fingerprint density at radius 1 is 1.19 bits per heavy atom. The first-order valence-corrected chi connectivity index (χ1v) is 10.9. The predicted octanol–water partition coefficient (Wildman–Crippen LogP) is 3.55. The van der Waals surface area contributed by atoms with Crippen LogP contribution in [0.4, 0.5) is 0 Å². The van der Waals surface area contributed by atoms with Gasteiger partial charge in [-0.15, -0.1) is 0 Å². The van der Waals surface area contributed by atoms with Crippen LogP contribution in [0.3, 0.4) is 0 Å². The van der Waals surface area contributed by atoms with Gasteiger partial charge in [-0.05, 0) is 62.1 Å². The van der Waals surface area contributed by atoms with Crippen LogP contribution in [0.15, 0.2) is 53.2 Å². The van der Waals surface area contributed by atoms with Crippen LogP contribution in [0.5, 0.6) is 5.75 Å². The number of nitrogens with one attached hydrogen (secondary N) is 2. The first kappa shape index (κ1) is 21.6. The number of pyridine rings is 1. The molecule has 1 saturated carbocycles. The molecule has 0 radical (unpaired) electrons. The number of amides is 1. The summed E-state index contributed by atoms with van der Waals surface area (Å²) < 4.78 is 11.2. The lowest BCUT2D eigenvalue weighted by atomic mass is 9.91. The van der Waals surface area contributed by atoms with E-state index >= 15 is 0 Å². The van der Waals surface area contributed by atoms with Crippen LogP contribution in [-0.2, 0) is 0 Å². The number of hydrogen-bond donors (Lipinski definition) is 3. The standard InChI is InChI=1S/C23H26ClN3O4/c24-16-1-7-20(8-2-16)30-14-19(28)12-26-17-3-5-18(6-4-17)27-23(29)21-11-15-9-10-25-13-22(15)31-21/h1-2,7-11,13,17-19,26,28H,3-6,12,14H2,(H,27,29). The summed E-state index contributed by atoms with van der Waals surface area (Å²) in [5.41, 5.74) is 0.610. The van der Waals surface area contributed by atoms with Gasteiger partial charge < -0.3 is 24.9 Å². The van der Waals surface area contributed by atoms with Crippen molar-refractivity contribution in [1.29, 1.82) is 0 Å². The number of benzene rings is 1. The SMILES string of the molecule is O=C(NC1CCC(NCC(O)COc2ccc(Cl)cc2)CC1)c1cc2ccncc2o1. The van der Waals surface area contributed by atoms with Crippen LogP contribution < -0.4 is 15.4 Å². The summed E-state index contributed by atoms with van der Waals surface area (Å²) in [5.74, 6) is 0.801. The lowest BCUT2D eigenvalue weighted by Crippen LogP contribution is -2.44. The molecule has 0 saturated heterocycles. The van der Waals surface area contributed by atoms with Gasteiger partial charge in [0, 0.05) is 35.2 Å². The Labute approximate surface area is 185 Å². The van der Waals surface area contributed by atoms with E-state index in [1.807, 2.05) is 6.07 Å². The van der Waals surface area contributed by atoms with Crippen molar-refractivity contribution in [2.24, 2.45) is 0 Å². The Hall–Kier alpha value is -2.61. The van der Waals surface area contributed by atoms with Crippen LogP contribution in [0, 0.1) is 0 Å². The zero-order valence-electron chi connectivity index (χ0n) is 17.1. The second kappa shape index (κ2) is 10.1. The monoisotopic (exact) mass is 443 g/mol. The smallest absolute Gasteiger partial charge is 0.287 e. The van der Waals surface area contributed by atoms with Crippen molar-refractivity contribution in [2.45, 2.75) is 43.9 Å². The molecular formula is C23H26ClN3O4. The van der Waals surface area contributed by atoms with Crippen molar-refractivity contribution in [3.8, 4) is 5.75 Å². The van der Waals surface area contributed by atoms with Gasteiger partial charge in [0.05, 0.1) is 6.20 Å². The fourth-order valence-corrected chi connectivity index (χ4v) is 3.91. The quantitative estimate of drug-likeness (QED) is 0.492. The van der Waals surface area contributed by atoms with Gasteiger partial charge in [-0.25, -0.2) is 0 Å². The van der Waals surface area contributed by atoms with Gasteiger partial charge in [-0.3, -0.25) is 9.78 Å². The van der Waals surface area contributed by atoms with Crippen LogP contribution in [0.1, 0.15) is 36.2 Å². The molecule has 1 aromatic carbocycles. The normalized spacial score (nSPS) is 19.8. The highest BCUT2D eigenvalue weighted by atomic mass is 35.5. The highest BCUT2D eigenvalue weighted by Crippen LogP contribution is 2.21. The molecule has 1 atom stereocenters. The first-order chi connectivity index (χ1) is 15.1. The van der Waals surface area contributed by atoms with E-state index in [1.165, 1.54) is 0 Å². The number of furan rings is 1. The molecule has 7 nitrogen and oxygen atoms in total.